The van der Waals surface area contributed by atoms with Gasteiger partial charge in [0.05, 0.1) is 21.8 Å². The summed E-state index contributed by atoms with van der Waals surface area (Å²) in [6, 6.07) is 13.4. The van der Waals surface area contributed by atoms with Gasteiger partial charge in [0.2, 0.25) is 0 Å². The van der Waals surface area contributed by atoms with E-state index in [2.05, 4.69) is 25.8 Å². The number of nitrogens with zero attached hydrogens (tertiary/aromatic N) is 2. The first-order chi connectivity index (χ1) is 13.3. The van der Waals surface area contributed by atoms with Crippen molar-refractivity contribution in [2.24, 2.45) is 4.99 Å². The summed E-state index contributed by atoms with van der Waals surface area (Å²) in [5.41, 5.74) is 2.70. The van der Waals surface area contributed by atoms with Crippen LogP contribution in [0.4, 0.5) is 0 Å². The van der Waals surface area contributed by atoms with Gasteiger partial charge in [0.1, 0.15) is 0 Å². The number of aromatic nitrogens is 1. The van der Waals surface area contributed by atoms with E-state index in [0.717, 1.165) is 10.2 Å². The molecule has 0 spiro atoms. The fourth-order valence-corrected chi connectivity index (χ4v) is 4.36. The standard InChI is InChI=1S/C22H25ClN2O2S/c1-5-27-14-13-25-19-17(23)7-6-8-18(19)28-21(25)24-20(26)15-9-11-16(12-10-15)22(2,3)4/h6-12H,5,13-14H2,1-4H3. The van der Waals surface area contributed by atoms with Crippen LogP contribution in [0.3, 0.4) is 0 Å². The Morgan fingerprint density at radius 2 is 1.89 bits per heavy atom. The molecule has 1 aromatic heterocycles. The molecule has 0 saturated carbocycles. The second-order valence-electron chi connectivity index (χ2n) is 7.56. The Morgan fingerprint density at radius 1 is 1.18 bits per heavy atom. The third kappa shape index (κ3) is 4.54. The van der Waals surface area contributed by atoms with Crippen molar-refractivity contribution in [1.82, 2.24) is 4.57 Å². The molecule has 0 aliphatic rings. The van der Waals surface area contributed by atoms with Crippen LogP contribution in [0.1, 0.15) is 43.6 Å². The molecule has 3 aromatic rings. The normalized spacial score (nSPS) is 12.7. The molecule has 6 heteroatoms. The first-order valence-electron chi connectivity index (χ1n) is 9.36. The molecule has 0 aliphatic carbocycles. The van der Waals surface area contributed by atoms with E-state index in [4.69, 9.17) is 16.3 Å². The summed E-state index contributed by atoms with van der Waals surface area (Å²) >= 11 is 7.88. The van der Waals surface area contributed by atoms with Gasteiger partial charge in [-0.15, -0.1) is 0 Å². The van der Waals surface area contributed by atoms with E-state index in [1.54, 1.807) is 0 Å². The van der Waals surface area contributed by atoms with E-state index in [1.807, 2.05) is 54.0 Å². The van der Waals surface area contributed by atoms with Crippen molar-refractivity contribution in [1.29, 1.82) is 0 Å². The van der Waals surface area contributed by atoms with Crippen molar-refractivity contribution < 1.29 is 9.53 Å². The second-order valence-corrected chi connectivity index (χ2v) is 8.98. The van der Waals surface area contributed by atoms with Crippen LogP contribution in [-0.4, -0.2) is 23.7 Å². The number of hydrogen-bond donors (Lipinski definition) is 0. The maximum absolute atomic E-state index is 12.8. The molecule has 0 unspecified atom stereocenters. The summed E-state index contributed by atoms with van der Waals surface area (Å²) in [7, 11) is 0. The number of carbonyl (C=O) groups is 1. The number of hydrogen-bond acceptors (Lipinski definition) is 3. The monoisotopic (exact) mass is 416 g/mol. The minimum absolute atomic E-state index is 0.0449. The first kappa shape index (κ1) is 20.8. The number of rotatable bonds is 5. The van der Waals surface area contributed by atoms with Crippen LogP contribution in [0.15, 0.2) is 47.5 Å². The Labute approximate surface area is 174 Å². The Bertz CT molecular complexity index is 1040. The molecule has 0 radical (unpaired) electrons. The molecule has 0 atom stereocenters. The maximum Gasteiger partial charge on any atom is 0.279 e. The van der Waals surface area contributed by atoms with Crippen LogP contribution in [0.5, 0.6) is 0 Å². The molecule has 0 fully saturated rings. The van der Waals surface area contributed by atoms with Crippen LogP contribution in [0, 0.1) is 0 Å². The van der Waals surface area contributed by atoms with Crippen molar-refractivity contribution in [2.75, 3.05) is 13.2 Å². The van der Waals surface area contributed by atoms with E-state index in [9.17, 15) is 4.79 Å². The Morgan fingerprint density at radius 3 is 2.54 bits per heavy atom. The van der Waals surface area contributed by atoms with E-state index in [-0.39, 0.29) is 11.3 Å². The van der Waals surface area contributed by atoms with Crippen molar-refractivity contribution in [3.8, 4) is 0 Å². The highest BCUT2D eigenvalue weighted by atomic mass is 35.5. The summed E-state index contributed by atoms with van der Waals surface area (Å²) in [4.78, 5) is 17.8. The van der Waals surface area contributed by atoms with E-state index < -0.39 is 0 Å². The zero-order chi connectivity index (χ0) is 20.3. The SMILES string of the molecule is CCOCCn1c(=NC(=O)c2ccc(C(C)(C)C)cc2)sc2cccc(Cl)c21. The van der Waals surface area contributed by atoms with Gasteiger partial charge in [-0.2, -0.15) is 4.99 Å². The molecule has 0 bridgehead atoms. The van der Waals surface area contributed by atoms with Crippen LogP contribution < -0.4 is 4.80 Å². The molecule has 0 aliphatic heterocycles. The number of para-hydroxylation sites is 1. The van der Waals surface area contributed by atoms with E-state index in [1.165, 1.54) is 16.9 Å². The van der Waals surface area contributed by atoms with Gasteiger partial charge in [-0.1, -0.05) is 61.9 Å². The molecular weight excluding hydrogens is 392 g/mol. The summed E-state index contributed by atoms with van der Waals surface area (Å²) in [6.45, 7) is 10.2. The van der Waals surface area contributed by atoms with Gasteiger partial charge >= 0.3 is 0 Å². The quantitative estimate of drug-likeness (QED) is 0.520. The number of fused-ring (bicyclic) bond motifs is 1. The fraction of sp³-hybridized carbons (Fsp3) is 0.364. The van der Waals surface area contributed by atoms with Crippen LogP contribution in [0.2, 0.25) is 5.02 Å². The number of carbonyl (C=O) groups excluding carboxylic acids is 1. The van der Waals surface area contributed by atoms with Crippen LogP contribution >= 0.6 is 22.9 Å². The topological polar surface area (TPSA) is 43.6 Å². The van der Waals surface area contributed by atoms with Gasteiger partial charge < -0.3 is 9.30 Å². The van der Waals surface area contributed by atoms with Crippen LogP contribution in [0.25, 0.3) is 10.2 Å². The summed E-state index contributed by atoms with van der Waals surface area (Å²) in [5.74, 6) is -0.256. The lowest BCUT2D eigenvalue weighted by Gasteiger charge is -2.18. The molecule has 2 aromatic carbocycles. The van der Waals surface area contributed by atoms with Gasteiger partial charge in [-0.05, 0) is 42.2 Å². The van der Waals surface area contributed by atoms with Crippen molar-refractivity contribution >= 4 is 39.1 Å². The Kier molecular flexibility index (Phi) is 6.38. The lowest BCUT2D eigenvalue weighted by atomic mass is 9.87. The van der Waals surface area contributed by atoms with Gasteiger partial charge in [0.15, 0.2) is 4.80 Å². The van der Waals surface area contributed by atoms with Crippen molar-refractivity contribution in [3.05, 3.63) is 63.4 Å². The predicted molar refractivity (Wildman–Crippen MR) is 116 cm³/mol. The maximum atomic E-state index is 12.8. The lowest BCUT2D eigenvalue weighted by molar-refractivity contribution is 0.0996. The summed E-state index contributed by atoms with van der Waals surface area (Å²) in [5, 5.41) is 0.647. The number of halogens is 1. The first-order valence-corrected chi connectivity index (χ1v) is 10.6. The average Bonchev–Trinajstić information content (AvgIpc) is 3.00. The van der Waals surface area contributed by atoms with Gasteiger partial charge in [0.25, 0.3) is 5.91 Å². The Balaban J connectivity index is 2.01. The minimum Gasteiger partial charge on any atom is -0.380 e. The molecule has 1 amide bonds. The van der Waals surface area contributed by atoms with E-state index >= 15 is 0 Å². The highest BCUT2D eigenvalue weighted by Crippen LogP contribution is 2.26. The van der Waals surface area contributed by atoms with Gasteiger partial charge in [-0.25, -0.2) is 0 Å². The Hall–Kier alpha value is -1.95. The van der Waals surface area contributed by atoms with Crippen molar-refractivity contribution in [3.63, 3.8) is 0 Å². The number of ether oxygens (including phenoxy) is 1. The molecule has 0 N–H and O–H groups in total. The largest absolute Gasteiger partial charge is 0.380 e. The minimum atomic E-state index is -0.256. The van der Waals surface area contributed by atoms with E-state index in [0.29, 0.717) is 35.1 Å². The number of amides is 1. The average molecular weight is 417 g/mol. The molecule has 0 saturated heterocycles. The molecule has 3 rings (SSSR count). The lowest BCUT2D eigenvalue weighted by Crippen LogP contribution is -2.20. The molecule has 148 valence electrons. The van der Waals surface area contributed by atoms with Crippen molar-refractivity contribution in [2.45, 2.75) is 39.7 Å². The summed E-state index contributed by atoms with van der Waals surface area (Å²) in [6.07, 6.45) is 0. The molecule has 1 heterocycles. The third-order valence-corrected chi connectivity index (χ3v) is 5.86. The second kappa shape index (κ2) is 8.60. The van der Waals surface area contributed by atoms with Crippen LogP contribution in [-0.2, 0) is 16.7 Å². The van der Waals surface area contributed by atoms with Gasteiger partial charge in [-0.3, -0.25) is 4.79 Å². The fourth-order valence-electron chi connectivity index (χ4n) is 2.94. The third-order valence-electron chi connectivity index (χ3n) is 4.51. The predicted octanol–water partition coefficient (Wildman–Crippen LogP) is 5.43. The number of benzene rings is 2. The molecule has 4 nitrogen and oxygen atoms in total. The molecule has 28 heavy (non-hydrogen) atoms. The number of thiazole rings is 1. The van der Waals surface area contributed by atoms with Gasteiger partial charge in [0, 0.05) is 18.7 Å². The highest BCUT2D eigenvalue weighted by Gasteiger charge is 2.15. The zero-order valence-electron chi connectivity index (χ0n) is 16.7. The zero-order valence-corrected chi connectivity index (χ0v) is 18.2. The smallest absolute Gasteiger partial charge is 0.279 e. The summed E-state index contributed by atoms with van der Waals surface area (Å²) < 4.78 is 8.47. The highest BCUT2D eigenvalue weighted by molar-refractivity contribution is 7.16. The molecular formula is C22H25ClN2O2S.